The van der Waals surface area contributed by atoms with Gasteiger partial charge in [0.15, 0.2) is 0 Å². The van der Waals surface area contributed by atoms with Crippen LogP contribution < -0.4 is 0 Å². The smallest absolute Gasteiger partial charge is 0.104 e. The maximum Gasteiger partial charge on any atom is 0.104 e. The zero-order valence-corrected chi connectivity index (χ0v) is 7.75. The van der Waals surface area contributed by atoms with E-state index in [1.165, 1.54) is 0 Å². The highest BCUT2D eigenvalue weighted by atomic mass is 16.5. The first kappa shape index (κ1) is 8.78. The Hall–Kier alpha value is -0.800. The number of hydrogen-bond acceptors (Lipinski definition) is 3. The van der Waals surface area contributed by atoms with Gasteiger partial charge < -0.3 is 14.3 Å². The van der Waals surface area contributed by atoms with E-state index in [1.54, 1.807) is 0 Å². The van der Waals surface area contributed by atoms with Gasteiger partial charge in [0.25, 0.3) is 0 Å². The van der Waals surface area contributed by atoms with Crippen molar-refractivity contribution in [1.29, 1.82) is 0 Å². The lowest BCUT2D eigenvalue weighted by molar-refractivity contribution is -0.137. The summed E-state index contributed by atoms with van der Waals surface area (Å²) in [4.78, 5) is 0. The summed E-state index contributed by atoms with van der Waals surface area (Å²) >= 11 is 0. The van der Waals surface area contributed by atoms with Crippen LogP contribution in [0.5, 0.6) is 0 Å². The molecule has 3 heteroatoms. The predicted molar refractivity (Wildman–Crippen MR) is 47.5 cm³/mol. The molecule has 2 heterocycles. The Morgan fingerprint density at radius 1 is 1.46 bits per heavy atom. The minimum Gasteiger partial charge on any atom is -0.466 e. The fraction of sp³-hybridized carbons (Fsp3) is 0.600. The van der Waals surface area contributed by atoms with Gasteiger partial charge in [-0.3, -0.25) is 0 Å². The van der Waals surface area contributed by atoms with E-state index < -0.39 is 0 Å². The molecule has 0 spiro atoms. The second kappa shape index (κ2) is 3.16. The largest absolute Gasteiger partial charge is 0.466 e. The molecule has 1 aromatic heterocycles. The Morgan fingerprint density at radius 2 is 2.23 bits per heavy atom. The number of aliphatic hydroxyl groups is 1. The Labute approximate surface area is 77.3 Å². The van der Waals surface area contributed by atoms with E-state index in [0.29, 0.717) is 13.2 Å². The van der Waals surface area contributed by atoms with Crippen molar-refractivity contribution in [3.8, 4) is 0 Å². The topological polar surface area (TPSA) is 42.6 Å². The Kier molecular flexibility index (Phi) is 2.14. The van der Waals surface area contributed by atoms with E-state index in [-0.39, 0.29) is 12.0 Å². The van der Waals surface area contributed by atoms with Gasteiger partial charge in [-0.2, -0.15) is 0 Å². The Morgan fingerprint density at radius 3 is 2.62 bits per heavy atom. The molecule has 3 nitrogen and oxygen atoms in total. The molecule has 0 aliphatic carbocycles. The van der Waals surface area contributed by atoms with Crippen LogP contribution in [0.4, 0.5) is 0 Å². The molecular formula is C10H14O3. The number of aryl methyl sites for hydroxylation is 1. The van der Waals surface area contributed by atoms with Crippen molar-refractivity contribution < 1.29 is 14.3 Å². The van der Waals surface area contributed by atoms with Crippen LogP contribution in [0.3, 0.4) is 0 Å². The van der Waals surface area contributed by atoms with E-state index in [9.17, 15) is 5.11 Å². The fourth-order valence-electron chi connectivity index (χ4n) is 1.59. The van der Waals surface area contributed by atoms with Crippen molar-refractivity contribution in [3.63, 3.8) is 0 Å². The number of rotatable bonds is 3. The average Bonchev–Trinajstić information content (AvgIpc) is 2.44. The second-order valence-electron chi connectivity index (χ2n) is 3.84. The van der Waals surface area contributed by atoms with Gasteiger partial charge >= 0.3 is 0 Å². The molecule has 1 aromatic rings. The molecule has 2 rings (SSSR count). The molecule has 72 valence electrons. The quantitative estimate of drug-likeness (QED) is 0.762. The summed E-state index contributed by atoms with van der Waals surface area (Å²) in [5.74, 6) is 1.86. The lowest BCUT2D eigenvalue weighted by atomic mass is 9.82. The van der Waals surface area contributed by atoms with Gasteiger partial charge in [-0.15, -0.1) is 0 Å². The van der Waals surface area contributed by atoms with Crippen molar-refractivity contribution in [2.24, 2.45) is 5.41 Å². The van der Waals surface area contributed by atoms with Gasteiger partial charge in [-0.05, 0) is 19.1 Å². The van der Waals surface area contributed by atoms with Gasteiger partial charge in [-0.1, -0.05) is 0 Å². The van der Waals surface area contributed by atoms with Crippen molar-refractivity contribution >= 4 is 0 Å². The first-order valence-electron chi connectivity index (χ1n) is 4.48. The molecule has 0 aromatic carbocycles. The SMILES string of the molecule is Cc1ccc(CC2(CO)COC2)o1. The van der Waals surface area contributed by atoms with Gasteiger partial charge in [-0.25, -0.2) is 0 Å². The maximum absolute atomic E-state index is 9.18. The summed E-state index contributed by atoms with van der Waals surface area (Å²) in [6, 6.07) is 3.91. The molecule has 0 radical (unpaired) electrons. The van der Waals surface area contributed by atoms with E-state index >= 15 is 0 Å². The number of hydrogen-bond donors (Lipinski definition) is 1. The van der Waals surface area contributed by atoms with Crippen molar-refractivity contribution in [3.05, 3.63) is 23.7 Å². The molecule has 1 N–H and O–H groups in total. The normalized spacial score (nSPS) is 19.8. The molecule has 1 fully saturated rings. The standard InChI is InChI=1S/C10H14O3/c1-8-2-3-9(13-8)4-10(5-11)6-12-7-10/h2-3,11H,4-7H2,1H3. The minimum absolute atomic E-state index is 0.0791. The van der Waals surface area contributed by atoms with Crippen molar-refractivity contribution in [2.75, 3.05) is 19.8 Å². The third kappa shape index (κ3) is 1.62. The van der Waals surface area contributed by atoms with E-state index in [0.717, 1.165) is 17.9 Å². The van der Waals surface area contributed by atoms with Crippen LogP contribution in [0.15, 0.2) is 16.5 Å². The maximum atomic E-state index is 9.18. The zero-order chi connectivity index (χ0) is 9.31. The molecule has 0 amide bonds. The molecule has 0 atom stereocenters. The average molecular weight is 182 g/mol. The lowest BCUT2D eigenvalue weighted by Crippen LogP contribution is -2.47. The monoisotopic (exact) mass is 182 g/mol. The zero-order valence-electron chi connectivity index (χ0n) is 7.75. The van der Waals surface area contributed by atoms with E-state index in [1.807, 2.05) is 19.1 Å². The Bertz CT molecular complexity index is 281. The summed E-state index contributed by atoms with van der Waals surface area (Å²) in [5, 5.41) is 9.18. The number of aliphatic hydroxyl groups excluding tert-OH is 1. The first-order valence-corrected chi connectivity index (χ1v) is 4.48. The van der Waals surface area contributed by atoms with E-state index in [2.05, 4.69) is 0 Å². The molecule has 1 aliphatic heterocycles. The fourth-order valence-corrected chi connectivity index (χ4v) is 1.59. The first-order chi connectivity index (χ1) is 6.24. The highest BCUT2D eigenvalue weighted by Gasteiger charge is 2.38. The summed E-state index contributed by atoms with van der Waals surface area (Å²) in [6.45, 7) is 3.38. The molecule has 1 saturated heterocycles. The van der Waals surface area contributed by atoms with Crippen LogP contribution in [0, 0.1) is 12.3 Å². The Balaban J connectivity index is 2.04. The van der Waals surface area contributed by atoms with Gasteiger partial charge in [0, 0.05) is 11.8 Å². The van der Waals surface area contributed by atoms with E-state index in [4.69, 9.17) is 9.15 Å². The van der Waals surface area contributed by atoms with Crippen molar-refractivity contribution in [1.82, 2.24) is 0 Å². The number of furan rings is 1. The van der Waals surface area contributed by atoms with Gasteiger partial charge in [0.05, 0.1) is 19.8 Å². The highest BCUT2D eigenvalue weighted by Crippen LogP contribution is 2.31. The summed E-state index contributed by atoms with van der Waals surface area (Å²) < 4.78 is 10.6. The third-order valence-electron chi connectivity index (χ3n) is 2.50. The molecule has 0 bridgehead atoms. The van der Waals surface area contributed by atoms with Crippen LogP contribution in [0.1, 0.15) is 11.5 Å². The minimum atomic E-state index is -0.0791. The van der Waals surface area contributed by atoms with Crippen molar-refractivity contribution in [2.45, 2.75) is 13.3 Å². The summed E-state index contributed by atoms with van der Waals surface area (Å²) in [7, 11) is 0. The summed E-state index contributed by atoms with van der Waals surface area (Å²) in [6.07, 6.45) is 0.775. The summed E-state index contributed by atoms with van der Waals surface area (Å²) in [5.41, 5.74) is -0.0791. The molecule has 0 unspecified atom stereocenters. The van der Waals surface area contributed by atoms with Crippen LogP contribution in [0.25, 0.3) is 0 Å². The lowest BCUT2D eigenvalue weighted by Gasteiger charge is -2.39. The van der Waals surface area contributed by atoms with Crippen LogP contribution >= 0.6 is 0 Å². The second-order valence-corrected chi connectivity index (χ2v) is 3.84. The number of ether oxygens (including phenoxy) is 1. The van der Waals surface area contributed by atoms with Crippen LogP contribution in [-0.4, -0.2) is 24.9 Å². The van der Waals surface area contributed by atoms with Crippen LogP contribution in [0.2, 0.25) is 0 Å². The predicted octanol–water partition coefficient (Wildman–Crippen LogP) is 1.14. The van der Waals surface area contributed by atoms with Gasteiger partial charge in [0.1, 0.15) is 11.5 Å². The van der Waals surface area contributed by atoms with Gasteiger partial charge in [0.2, 0.25) is 0 Å². The molecule has 1 aliphatic rings. The molecular weight excluding hydrogens is 168 g/mol. The third-order valence-corrected chi connectivity index (χ3v) is 2.50. The highest BCUT2D eigenvalue weighted by molar-refractivity contribution is 5.09. The molecule has 13 heavy (non-hydrogen) atoms. The van der Waals surface area contributed by atoms with Crippen LogP contribution in [-0.2, 0) is 11.2 Å². The molecule has 0 saturated carbocycles.